The number of rotatable bonds is 10. The Morgan fingerprint density at radius 1 is 0.889 bits per heavy atom. The van der Waals surface area contributed by atoms with E-state index in [1.165, 1.54) is 56.9 Å². The van der Waals surface area contributed by atoms with Gasteiger partial charge in [0, 0.05) is 5.69 Å². The minimum atomic E-state index is 0.900. The molecule has 0 atom stereocenters. The fourth-order valence-corrected chi connectivity index (χ4v) is 2.23. The molecule has 0 spiro atoms. The number of nitrogens with two attached hydrogens (primary N) is 1. The standard InChI is InChI=1S/C17H28N/c1-2-3-4-5-6-7-8-9-10-13-16-14-11-12-15-17(16)18/h11-15H,2-10,18H2,1H3. The summed E-state index contributed by atoms with van der Waals surface area (Å²) in [4.78, 5) is 0. The van der Waals surface area contributed by atoms with Gasteiger partial charge in [0.25, 0.3) is 0 Å². The average molecular weight is 246 g/mol. The maximum absolute atomic E-state index is 5.90. The van der Waals surface area contributed by atoms with Gasteiger partial charge in [0.2, 0.25) is 0 Å². The lowest BCUT2D eigenvalue weighted by atomic mass is 10.0. The molecule has 1 nitrogen and oxygen atoms in total. The molecule has 1 aromatic carbocycles. The van der Waals surface area contributed by atoms with Crippen molar-refractivity contribution in [3.63, 3.8) is 0 Å². The van der Waals surface area contributed by atoms with Crippen molar-refractivity contribution in [2.24, 2.45) is 0 Å². The Balaban J connectivity index is 1.94. The molecule has 1 aromatic rings. The third-order valence-corrected chi connectivity index (χ3v) is 3.42. The van der Waals surface area contributed by atoms with Gasteiger partial charge in [-0.3, -0.25) is 0 Å². The summed E-state index contributed by atoms with van der Waals surface area (Å²) in [7, 11) is 0. The molecule has 1 radical (unpaired) electrons. The van der Waals surface area contributed by atoms with E-state index in [1.807, 2.05) is 12.1 Å². The maximum Gasteiger partial charge on any atom is 0.0349 e. The van der Waals surface area contributed by atoms with Gasteiger partial charge in [-0.05, 0) is 24.5 Å². The molecule has 0 aliphatic heterocycles. The smallest absolute Gasteiger partial charge is 0.0349 e. The van der Waals surface area contributed by atoms with Gasteiger partial charge < -0.3 is 5.73 Å². The Hall–Kier alpha value is -0.980. The first kappa shape index (κ1) is 15.1. The molecule has 1 rings (SSSR count). The van der Waals surface area contributed by atoms with E-state index in [0.29, 0.717) is 0 Å². The van der Waals surface area contributed by atoms with Crippen molar-refractivity contribution in [1.82, 2.24) is 0 Å². The van der Waals surface area contributed by atoms with Crippen LogP contribution >= 0.6 is 0 Å². The lowest BCUT2D eigenvalue weighted by Crippen LogP contribution is -1.92. The molecule has 0 saturated heterocycles. The molecule has 0 aromatic heterocycles. The van der Waals surface area contributed by atoms with Crippen molar-refractivity contribution < 1.29 is 0 Å². The van der Waals surface area contributed by atoms with E-state index in [1.54, 1.807) is 0 Å². The van der Waals surface area contributed by atoms with Gasteiger partial charge in [-0.2, -0.15) is 0 Å². The Morgan fingerprint density at radius 3 is 2.17 bits per heavy atom. The molecule has 0 aliphatic carbocycles. The summed E-state index contributed by atoms with van der Waals surface area (Å²) in [5.41, 5.74) is 7.99. The summed E-state index contributed by atoms with van der Waals surface area (Å²) in [5, 5.41) is 0. The highest BCUT2D eigenvalue weighted by atomic mass is 14.6. The van der Waals surface area contributed by atoms with Crippen LogP contribution in [-0.2, 0) is 0 Å². The van der Waals surface area contributed by atoms with Gasteiger partial charge in [-0.1, -0.05) is 76.5 Å². The van der Waals surface area contributed by atoms with Gasteiger partial charge in [0.15, 0.2) is 0 Å². The molecule has 0 aliphatic rings. The molecule has 0 unspecified atom stereocenters. The molecule has 18 heavy (non-hydrogen) atoms. The normalized spacial score (nSPS) is 10.7. The number of nitrogen functional groups attached to an aromatic ring is 1. The zero-order chi connectivity index (χ0) is 13.1. The fourth-order valence-electron chi connectivity index (χ4n) is 2.23. The Morgan fingerprint density at radius 2 is 1.50 bits per heavy atom. The van der Waals surface area contributed by atoms with E-state index in [0.717, 1.165) is 12.1 Å². The monoisotopic (exact) mass is 246 g/mol. The molecular weight excluding hydrogens is 218 g/mol. The van der Waals surface area contributed by atoms with Gasteiger partial charge >= 0.3 is 0 Å². The summed E-state index contributed by atoms with van der Waals surface area (Å²) in [5.74, 6) is 0. The zero-order valence-electron chi connectivity index (χ0n) is 11.8. The van der Waals surface area contributed by atoms with Crippen LogP contribution < -0.4 is 5.73 Å². The maximum atomic E-state index is 5.90. The molecular formula is C17H28N. The van der Waals surface area contributed by atoms with Gasteiger partial charge in [0.1, 0.15) is 0 Å². The van der Waals surface area contributed by atoms with Crippen LogP contribution in [0.2, 0.25) is 0 Å². The van der Waals surface area contributed by atoms with E-state index < -0.39 is 0 Å². The Labute approximate surface area is 113 Å². The molecule has 0 heterocycles. The summed E-state index contributed by atoms with van der Waals surface area (Å²) in [6, 6.07) is 8.11. The van der Waals surface area contributed by atoms with Crippen LogP contribution in [0.25, 0.3) is 0 Å². The second-order valence-corrected chi connectivity index (χ2v) is 5.10. The summed E-state index contributed by atoms with van der Waals surface area (Å²) in [6.07, 6.45) is 14.5. The summed E-state index contributed by atoms with van der Waals surface area (Å²) >= 11 is 0. The van der Waals surface area contributed by atoms with E-state index in [4.69, 9.17) is 5.73 Å². The van der Waals surface area contributed by atoms with E-state index in [-0.39, 0.29) is 0 Å². The lowest BCUT2D eigenvalue weighted by molar-refractivity contribution is 0.575. The third kappa shape index (κ3) is 6.68. The molecule has 2 N–H and O–H groups in total. The van der Waals surface area contributed by atoms with Crippen molar-refractivity contribution in [2.75, 3.05) is 5.73 Å². The second-order valence-electron chi connectivity index (χ2n) is 5.10. The highest BCUT2D eigenvalue weighted by Gasteiger charge is 1.98. The van der Waals surface area contributed by atoms with Gasteiger partial charge in [-0.25, -0.2) is 0 Å². The molecule has 101 valence electrons. The first-order valence-electron chi connectivity index (χ1n) is 7.52. The first-order chi connectivity index (χ1) is 8.84. The summed E-state index contributed by atoms with van der Waals surface area (Å²) < 4.78 is 0. The van der Waals surface area contributed by atoms with Crippen LogP contribution in [0, 0.1) is 6.42 Å². The highest BCUT2D eigenvalue weighted by Crippen LogP contribution is 2.17. The van der Waals surface area contributed by atoms with E-state index in [2.05, 4.69) is 25.5 Å². The minimum absolute atomic E-state index is 0.900. The van der Waals surface area contributed by atoms with Crippen LogP contribution in [0.1, 0.15) is 70.3 Å². The van der Waals surface area contributed by atoms with Crippen LogP contribution in [-0.4, -0.2) is 0 Å². The number of hydrogen-bond acceptors (Lipinski definition) is 1. The van der Waals surface area contributed by atoms with Crippen LogP contribution in [0.15, 0.2) is 24.3 Å². The van der Waals surface area contributed by atoms with Crippen molar-refractivity contribution in [3.8, 4) is 0 Å². The van der Waals surface area contributed by atoms with Crippen LogP contribution in [0.5, 0.6) is 0 Å². The number of benzene rings is 1. The topological polar surface area (TPSA) is 26.0 Å². The Bertz CT molecular complexity index is 306. The van der Waals surface area contributed by atoms with Crippen LogP contribution in [0.4, 0.5) is 5.69 Å². The van der Waals surface area contributed by atoms with E-state index >= 15 is 0 Å². The van der Waals surface area contributed by atoms with Gasteiger partial charge in [-0.15, -0.1) is 0 Å². The average Bonchev–Trinajstić information content (AvgIpc) is 2.39. The number of para-hydroxylation sites is 1. The molecule has 1 heteroatoms. The Kier molecular flexibility index (Phi) is 8.37. The van der Waals surface area contributed by atoms with Crippen molar-refractivity contribution >= 4 is 5.69 Å². The van der Waals surface area contributed by atoms with Crippen molar-refractivity contribution in [3.05, 3.63) is 36.2 Å². The first-order valence-corrected chi connectivity index (χ1v) is 7.52. The predicted molar refractivity (Wildman–Crippen MR) is 81.5 cm³/mol. The van der Waals surface area contributed by atoms with Crippen LogP contribution in [0.3, 0.4) is 0 Å². The third-order valence-electron chi connectivity index (χ3n) is 3.42. The van der Waals surface area contributed by atoms with Crippen molar-refractivity contribution in [2.45, 2.75) is 64.7 Å². The fraction of sp³-hybridized carbons (Fsp3) is 0.588. The highest BCUT2D eigenvalue weighted by molar-refractivity contribution is 5.49. The quantitative estimate of drug-likeness (QED) is 0.437. The molecule has 0 saturated carbocycles. The van der Waals surface area contributed by atoms with E-state index in [9.17, 15) is 0 Å². The summed E-state index contributed by atoms with van der Waals surface area (Å²) in [6.45, 7) is 2.27. The SMILES string of the molecule is CCCCCCCCCC[CH]c1ccccc1N. The molecule has 0 amide bonds. The largest absolute Gasteiger partial charge is 0.398 e. The zero-order valence-corrected chi connectivity index (χ0v) is 11.8. The number of anilines is 1. The number of hydrogen-bond donors (Lipinski definition) is 1. The predicted octanol–water partition coefficient (Wildman–Crippen LogP) is 5.35. The molecule has 0 bridgehead atoms. The number of unbranched alkanes of at least 4 members (excludes halogenated alkanes) is 8. The van der Waals surface area contributed by atoms with Crippen molar-refractivity contribution in [1.29, 1.82) is 0 Å². The second kappa shape index (κ2) is 9.99. The lowest BCUT2D eigenvalue weighted by Gasteiger charge is -2.05. The minimum Gasteiger partial charge on any atom is -0.398 e. The molecule has 0 fully saturated rings. The van der Waals surface area contributed by atoms with Gasteiger partial charge in [0.05, 0.1) is 0 Å².